The number of carbonyl (C=O) groups is 1. The second kappa shape index (κ2) is 9.85. The minimum Gasteiger partial charge on any atom is -0.366 e. The average Bonchev–Trinajstić information content (AvgIpc) is 2.83. The monoisotopic (exact) mass is 541 g/mol. The van der Waals surface area contributed by atoms with Crippen LogP contribution in [0.25, 0.3) is 33.3 Å². The van der Waals surface area contributed by atoms with E-state index >= 15 is 0 Å². The average molecular weight is 542 g/mol. The van der Waals surface area contributed by atoms with Crippen LogP contribution in [0.1, 0.15) is 22.3 Å². The second-order valence-corrected chi connectivity index (χ2v) is 10.1. The van der Waals surface area contributed by atoms with Gasteiger partial charge in [0.15, 0.2) is 0 Å². The van der Waals surface area contributed by atoms with Crippen LogP contribution in [0.5, 0.6) is 0 Å². The van der Waals surface area contributed by atoms with Gasteiger partial charge in [-0.1, -0.05) is 23.2 Å². The molecule has 1 amide bonds. The van der Waals surface area contributed by atoms with Crippen molar-refractivity contribution >= 4 is 45.7 Å². The van der Waals surface area contributed by atoms with Gasteiger partial charge < -0.3 is 16.4 Å². The molecule has 2 atom stereocenters. The second-order valence-electron chi connectivity index (χ2n) is 9.27. The number of anilines is 1. The zero-order valence-electron chi connectivity index (χ0n) is 19.8. The normalized spacial score (nSPS) is 17.8. The van der Waals surface area contributed by atoms with Gasteiger partial charge in [-0.05, 0) is 73.0 Å². The number of benzene rings is 3. The third kappa shape index (κ3) is 4.97. The third-order valence-electron chi connectivity index (χ3n) is 6.54. The summed E-state index contributed by atoms with van der Waals surface area (Å²) >= 11 is 12.9. The van der Waals surface area contributed by atoms with E-state index in [2.05, 4.69) is 10.2 Å². The van der Waals surface area contributed by atoms with E-state index in [0.29, 0.717) is 51.4 Å². The topological polar surface area (TPSA) is 98.1 Å². The van der Waals surface area contributed by atoms with Gasteiger partial charge in [-0.3, -0.25) is 4.79 Å². The van der Waals surface area contributed by atoms with Gasteiger partial charge in [0.1, 0.15) is 17.7 Å². The molecule has 10 heteroatoms. The zero-order valence-corrected chi connectivity index (χ0v) is 21.3. The number of nitrogens with zero attached hydrogens (tertiary/aromatic N) is 3. The van der Waals surface area contributed by atoms with E-state index in [1.54, 1.807) is 18.2 Å². The summed E-state index contributed by atoms with van der Waals surface area (Å²) in [6.07, 6.45) is -0.787. The lowest BCUT2D eigenvalue weighted by molar-refractivity contribution is 0.1000. The Morgan fingerprint density at radius 2 is 1.84 bits per heavy atom. The lowest BCUT2D eigenvalue weighted by Gasteiger charge is -2.36. The summed E-state index contributed by atoms with van der Waals surface area (Å²) in [5.74, 6) is -1.39. The van der Waals surface area contributed by atoms with Crippen LogP contribution < -0.4 is 16.4 Å². The predicted molar refractivity (Wildman–Crippen MR) is 143 cm³/mol. The van der Waals surface area contributed by atoms with Crippen LogP contribution in [0.3, 0.4) is 0 Å². The maximum absolute atomic E-state index is 14.8. The van der Waals surface area contributed by atoms with E-state index in [4.69, 9.17) is 34.7 Å². The molecule has 1 aliphatic heterocycles. The quantitative estimate of drug-likeness (QED) is 0.345. The highest BCUT2D eigenvalue weighted by molar-refractivity contribution is 6.34. The number of fused-ring (bicyclic) bond motifs is 1. The molecule has 0 spiro atoms. The molecule has 5 rings (SSSR count). The summed E-state index contributed by atoms with van der Waals surface area (Å²) in [4.78, 5) is 13.6. The number of amides is 1. The Morgan fingerprint density at radius 1 is 1.05 bits per heavy atom. The molecule has 0 bridgehead atoms. The van der Waals surface area contributed by atoms with Crippen molar-refractivity contribution in [1.82, 2.24) is 10.2 Å². The first kappa shape index (κ1) is 25.3. The molecule has 190 valence electrons. The van der Waals surface area contributed by atoms with Crippen LogP contribution in [-0.2, 0) is 0 Å². The first-order chi connectivity index (χ1) is 17.6. The van der Waals surface area contributed by atoms with Gasteiger partial charge in [-0.25, -0.2) is 8.78 Å². The van der Waals surface area contributed by atoms with Gasteiger partial charge >= 0.3 is 0 Å². The number of aryl methyl sites for hydroxylation is 1. The molecular weight excluding hydrogens is 519 g/mol. The van der Waals surface area contributed by atoms with Crippen molar-refractivity contribution in [2.24, 2.45) is 11.5 Å². The predicted octanol–water partition coefficient (Wildman–Crippen LogP) is 5.69. The molecule has 1 saturated heterocycles. The Balaban J connectivity index is 1.79. The number of nitrogens with two attached hydrogens (primary N) is 2. The van der Waals surface area contributed by atoms with Crippen LogP contribution >= 0.6 is 23.2 Å². The van der Waals surface area contributed by atoms with E-state index < -0.39 is 23.9 Å². The molecular formula is C27H23Cl2F2N5O. The molecule has 4 N–H and O–H groups in total. The Kier molecular flexibility index (Phi) is 6.74. The number of carbonyl (C=O) groups excluding carboxylic acids is 1. The van der Waals surface area contributed by atoms with E-state index in [-0.39, 0.29) is 17.1 Å². The fourth-order valence-electron chi connectivity index (χ4n) is 4.74. The van der Waals surface area contributed by atoms with Crippen molar-refractivity contribution in [2.45, 2.75) is 25.6 Å². The number of primary amides is 1. The molecule has 1 fully saturated rings. The van der Waals surface area contributed by atoms with Crippen molar-refractivity contribution in [3.8, 4) is 22.4 Å². The van der Waals surface area contributed by atoms with Crippen LogP contribution in [0.15, 0.2) is 48.5 Å². The lowest BCUT2D eigenvalue weighted by atomic mass is 9.96. The number of hydrogen-bond donors (Lipinski definition) is 2. The molecule has 6 nitrogen and oxygen atoms in total. The molecule has 3 aromatic carbocycles. The van der Waals surface area contributed by atoms with Gasteiger partial charge in [0.05, 0.1) is 22.8 Å². The summed E-state index contributed by atoms with van der Waals surface area (Å²) in [6, 6.07) is 12.2. The number of alkyl halides is 1. The van der Waals surface area contributed by atoms with Crippen LogP contribution in [-0.4, -0.2) is 41.4 Å². The molecule has 1 aromatic heterocycles. The zero-order chi connectivity index (χ0) is 26.4. The molecule has 0 aliphatic carbocycles. The Morgan fingerprint density at radius 3 is 2.54 bits per heavy atom. The Labute approximate surface area is 222 Å². The maximum Gasteiger partial charge on any atom is 0.248 e. The van der Waals surface area contributed by atoms with Crippen molar-refractivity contribution < 1.29 is 13.6 Å². The molecule has 4 aromatic rings. The third-order valence-corrected chi connectivity index (χ3v) is 7.07. The fourth-order valence-corrected chi connectivity index (χ4v) is 5.29. The number of aromatic nitrogens is 2. The summed E-state index contributed by atoms with van der Waals surface area (Å²) < 4.78 is 29.2. The first-order valence-corrected chi connectivity index (χ1v) is 12.4. The minimum atomic E-state index is -1.24. The maximum atomic E-state index is 14.8. The highest BCUT2D eigenvalue weighted by Gasteiger charge is 2.30. The van der Waals surface area contributed by atoms with Crippen molar-refractivity contribution in [3.05, 3.63) is 75.5 Å². The fraction of sp³-hybridized carbons (Fsp3) is 0.222. The summed E-state index contributed by atoms with van der Waals surface area (Å²) in [5, 5.41) is 10.3. The lowest BCUT2D eigenvalue weighted by Crippen LogP contribution is -2.48. The van der Waals surface area contributed by atoms with Gasteiger partial charge in [-0.15, -0.1) is 10.2 Å². The molecule has 0 radical (unpaired) electrons. The van der Waals surface area contributed by atoms with Crippen molar-refractivity contribution in [2.75, 3.05) is 18.0 Å². The van der Waals surface area contributed by atoms with Gasteiger partial charge in [-0.2, -0.15) is 0 Å². The molecule has 0 saturated carbocycles. The Bertz CT molecular complexity index is 1530. The van der Waals surface area contributed by atoms with Gasteiger partial charge in [0.25, 0.3) is 0 Å². The number of rotatable bonds is 4. The first-order valence-electron chi connectivity index (χ1n) is 11.6. The smallest absolute Gasteiger partial charge is 0.248 e. The minimum absolute atomic E-state index is 0.0135. The van der Waals surface area contributed by atoms with Crippen molar-refractivity contribution in [1.29, 1.82) is 0 Å². The molecule has 1 aliphatic rings. The number of piperidine rings is 1. The van der Waals surface area contributed by atoms with E-state index in [0.717, 1.165) is 17.2 Å². The largest absolute Gasteiger partial charge is 0.366 e. The van der Waals surface area contributed by atoms with Crippen LogP contribution in [0.4, 0.5) is 14.5 Å². The molecule has 2 unspecified atom stereocenters. The standard InChI is InChI=1S/C27H23Cl2F2N5O/c1-13-4-15(7-17(28)5-13)25-26(36-3-2-23(32)22(31)12-36)20-10-19(21(29)11-24(20)34-35-25)14-6-16(27(33)37)9-18(30)8-14/h4-11,22-23H,2-3,12,32H2,1H3,(H2,33,37). The summed E-state index contributed by atoms with van der Waals surface area (Å²) in [5.41, 5.74) is 15.5. The van der Waals surface area contributed by atoms with Gasteiger partial charge in [0, 0.05) is 39.7 Å². The van der Waals surface area contributed by atoms with Crippen LogP contribution in [0.2, 0.25) is 10.0 Å². The number of halogens is 4. The SMILES string of the molecule is Cc1cc(Cl)cc(-c2nnc3cc(Cl)c(-c4cc(F)cc(C(N)=O)c4)cc3c2N2CCC(N)C(F)C2)c1. The highest BCUT2D eigenvalue weighted by Crippen LogP contribution is 2.41. The van der Waals surface area contributed by atoms with E-state index in [1.165, 1.54) is 12.1 Å². The van der Waals surface area contributed by atoms with E-state index in [9.17, 15) is 13.6 Å². The molecule has 37 heavy (non-hydrogen) atoms. The summed E-state index contributed by atoms with van der Waals surface area (Å²) in [6.45, 7) is 2.48. The molecule has 2 heterocycles. The Hall–Kier alpha value is -3.33. The van der Waals surface area contributed by atoms with Crippen LogP contribution in [0, 0.1) is 12.7 Å². The number of hydrogen-bond acceptors (Lipinski definition) is 5. The van der Waals surface area contributed by atoms with E-state index in [1.807, 2.05) is 24.0 Å². The van der Waals surface area contributed by atoms with Crippen molar-refractivity contribution in [3.63, 3.8) is 0 Å². The highest BCUT2D eigenvalue weighted by atomic mass is 35.5. The summed E-state index contributed by atoms with van der Waals surface area (Å²) in [7, 11) is 0. The van der Waals surface area contributed by atoms with Gasteiger partial charge in [0.2, 0.25) is 5.91 Å².